The summed E-state index contributed by atoms with van der Waals surface area (Å²) in [6, 6.07) is 20.9. The summed E-state index contributed by atoms with van der Waals surface area (Å²) in [4.78, 5) is 27.4. The molecule has 0 bridgehead atoms. The van der Waals surface area contributed by atoms with Gasteiger partial charge >= 0.3 is 0 Å². The SMILES string of the molecule is Cc1nc2ccccn2c(=O)c1CCN1CCC(N(C)c2nc3ccccc3n2Cc2ccc(F)cc2)CC1.Cl.Cl.Cl. The maximum absolute atomic E-state index is 13.5. The van der Waals surface area contributed by atoms with Crippen LogP contribution in [0.3, 0.4) is 0 Å². The molecule has 0 N–H and O–H groups in total. The number of aromatic nitrogens is 4. The highest BCUT2D eigenvalue weighted by molar-refractivity contribution is 5.86. The Hall–Kier alpha value is -3.17. The molecule has 0 radical (unpaired) electrons. The summed E-state index contributed by atoms with van der Waals surface area (Å²) in [6.45, 7) is 5.34. The van der Waals surface area contributed by atoms with Gasteiger partial charge in [0.25, 0.3) is 5.56 Å². The molecule has 2 aromatic carbocycles. The number of anilines is 1. The molecule has 11 heteroatoms. The lowest BCUT2D eigenvalue weighted by atomic mass is 10.0. The van der Waals surface area contributed by atoms with Crippen molar-refractivity contribution >= 4 is 59.9 Å². The largest absolute Gasteiger partial charge is 0.342 e. The molecule has 1 fully saturated rings. The Morgan fingerprint density at radius 1 is 0.929 bits per heavy atom. The second kappa shape index (κ2) is 14.3. The van der Waals surface area contributed by atoms with Gasteiger partial charge in [-0.3, -0.25) is 9.20 Å². The number of aryl methyl sites for hydroxylation is 1. The summed E-state index contributed by atoms with van der Waals surface area (Å²) in [5.74, 6) is 0.709. The van der Waals surface area contributed by atoms with E-state index in [2.05, 4.69) is 32.5 Å². The van der Waals surface area contributed by atoms with Crippen LogP contribution in [0, 0.1) is 12.7 Å². The smallest absolute Gasteiger partial charge is 0.261 e. The number of nitrogens with zero attached hydrogens (tertiary/aromatic N) is 6. The molecule has 7 nitrogen and oxygen atoms in total. The van der Waals surface area contributed by atoms with E-state index in [0.29, 0.717) is 24.7 Å². The van der Waals surface area contributed by atoms with Gasteiger partial charge in [0.2, 0.25) is 5.95 Å². The summed E-state index contributed by atoms with van der Waals surface area (Å²) >= 11 is 0. The minimum absolute atomic E-state index is 0. The third-order valence-corrected chi connectivity index (χ3v) is 8.02. The lowest BCUT2D eigenvalue weighted by Crippen LogP contribution is -2.45. The number of rotatable bonds is 7. The zero-order valence-electron chi connectivity index (χ0n) is 23.6. The van der Waals surface area contributed by atoms with Crippen molar-refractivity contribution in [3.05, 3.63) is 106 Å². The second-order valence-corrected chi connectivity index (χ2v) is 10.5. The number of pyridine rings is 1. The molecule has 42 heavy (non-hydrogen) atoms. The van der Waals surface area contributed by atoms with E-state index in [1.54, 1.807) is 10.6 Å². The number of para-hydroxylation sites is 2. The number of fused-ring (bicyclic) bond motifs is 2. The number of hydrogen-bond acceptors (Lipinski definition) is 5. The third kappa shape index (κ3) is 6.73. The van der Waals surface area contributed by atoms with Crippen LogP contribution in [0.5, 0.6) is 0 Å². The number of piperidine rings is 1. The fraction of sp³-hybridized carbons (Fsp3) is 0.323. The molecule has 0 atom stereocenters. The molecule has 0 amide bonds. The minimum atomic E-state index is -0.226. The van der Waals surface area contributed by atoms with Crippen LogP contribution in [-0.2, 0) is 13.0 Å². The van der Waals surface area contributed by atoms with E-state index < -0.39 is 0 Å². The van der Waals surface area contributed by atoms with Crippen molar-refractivity contribution in [2.24, 2.45) is 0 Å². The molecule has 0 unspecified atom stereocenters. The Morgan fingerprint density at radius 3 is 2.36 bits per heavy atom. The number of halogens is 4. The van der Waals surface area contributed by atoms with Gasteiger partial charge in [0, 0.05) is 50.2 Å². The number of benzene rings is 2. The van der Waals surface area contributed by atoms with Crippen LogP contribution in [0.2, 0.25) is 0 Å². The molecule has 3 aromatic heterocycles. The van der Waals surface area contributed by atoms with Crippen LogP contribution >= 0.6 is 37.2 Å². The Labute approximate surface area is 263 Å². The normalized spacial score (nSPS) is 13.8. The van der Waals surface area contributed by atoms with Crippen LogP contribution < -0.4 is 10.5 Å². The maximum Gasteiger partial charge on any atom is 0.261 e. The summed E-state index contributed by atoms with van der Waals surface area (Å²) in [6.07, 6.45) is 4.52. The Kier molecular flexibility index (Phi) is 11.4. The highest BCUT2D eigenvalue weighted by Gasteiger charge is 2.26. The first-order valence-corrected chi connectivity index (χ1v) is 13.6. The van der Waals surface area contributed by atoms with Gasteiger partial charge in [-0.15, -0.1) is 37.2 Å². The van der Waals surface area contributed by atoms with E-state index in [4.69, 9.17) is 4.98 Å². The van der Waals surface area contributed by atoms with Gasteiger partial charge in [-0.05, 0) is 68.1 Å². The molecular formula is C31H36Cl3FN6O. The van der Waals surface area contributed by atoms with Gasteiger partial charge in [-0.25, -0.2) is 14.4 Å². The molecule has 0 spiro atoms. The summed E-state index contributed by atoms with van der Waals surface area (Å²) in [5, 5.41) is 0. The van der Waals surface area contributed by atoms with E-state index in [0.717, 1.165) is 66.3 Å². The predicted molar refractivity (Wildman–Crippen MR) is 175 cm³/mol. The summed E-state index contributed by atoms with van der Waals surface area (Å²) in [5.41, 5.74) is 5.42. The van der Waals surface area contributed by atoms with Crippen molar-refractivity contribution in [2.75, 3.05) is 31.6 Å². The molecule has 0 saturated carbocycles. The molecule has 1 aliphatic heterocycles. The first-order chi connectivity index (χ1) is 19.0. The fourth-order valence-electron chi connectivity index (χ4n) is 5.75. The topological polar surface area (TPSA) is 58.7 Å². The fourth-order valence-corrected chi connectivity index (χ4v) is 5.75. The minimum Gasteiger partial charge on any atom is -0.342 e. The quantitative estimate of drug-likeness (QED) is 0.222. The van der Waals surface area contributed by atoms with Crippen molar-refractivity contribution in [1.29, 1.82) is 0 Å². The van der Waals surface area contributed by atoms with Crippen LogP contribution in [0.25, 0.3) is 16.7 Å². The lowest BCUT2D eigenvalue weighted by molar-refractivity contribution is 0.212. The molecular weight excluding hydrogens is 598 g/mol. The molecule has 5 aromatic rings. The van der Waals surface area contributed by atoms with E-state index in [1.165, 1.54) is 12.1 Å². The van der Waals surface area contributed by atoms with E-state index in [9.17, 15) is 9.18 Å². The molecule has 6 rings (SSSR count). The Balaban J connectivity index is 0.00000161. The van der Waals surface area contributed by atoms with Crippen LogP contribution in [-0.4, -0.2) is 56.6 Å². The average Bonchev–Trinajstić information content (AvgIpc) is 3.32. The zero-order chi connectivity index (χ0) is 26.9. The molecule has 0 aliphatic carbocycles. The van der Waals surface area contributed by atoms with Gasteiger partial charge in [-0.2, -0.15) is 0 Å². The zero-order valence-corrected chi connectivity index (χ0v) is 26.1. The number of imidazole rings is 1. The third-order valence-electron chi connectivity index (χ3n) is 8.02. The van der Waals surface area contributed by atoms with Crippen LogP contribution in [0.15, 0.2) is 77.7 Å². The standard InChI is InChI=1S/C31H33FN6O.3ClH/c1-22-26(30(39)37-17-6-5-9-29(37)33-22)16-20-36-18-14-25(15-19-36)35(2)31-34-27-7-3-4-8-28(27)38(31)21-23-10-12-24(32)13-11-23;;;/h3-13,17,25H,14-16,18-21H2,1-2H3;3*1H. The molecule has 224 valence electrons. The van der Waals surface area contributed by atoms with E-state index in [1.807, 2.05) is 55.5 Å². The van der Waals surface area contributed by atoms with Crippen molar-refractivity contribution < 1.29 is 4.39 Å². The van der Waals surface area contributed by atoms with Gasteiger partial charge in [-0.1, -0.05) is 30.3 Å². The highest BCUT2D eigenvalue weighted by Crippen LogP contribution is 2.27. The highest BCUT2D eigenvalue weighted by atomic mass is 35.5. The summed E-state index contributed by atoms with van der Waals surface area (Å²) < 4.78 is 17.4. The van der Waals surface area contributed by atoms with Gasteiger partial charge < -0.3 is 14.4 Å². The second-order valence-electron chi connectivity index (χ2n) is 10.5. The maximum atomic E-state index is 13.5. The summed E-state index contributed by atoms with van der Waals surface area (Å²) in [7, 11) is 2.13. The molecule has 4 heterocycles. The number of likely N-dealkylation sites (tertiary alicyclic amines) is 1. The number of hydrogen-bond donors (Lipinski definition) is 0. The Morgan fingerprint density at radius 2 is 1.62 bits per heavy atom. The monoisotopic (exact) mass is 632 g/mol. The van der Waals surface area contributed by atoms with Crippen molar-refractivity contribution in [2.45, 2.75) is 38.8 Å². The van der Waals surface area contributed by atoms with Crippen molar-refractivity contribution in [1.82, 2.24) is 23.8 Å². The lowest BCUT2D eigenvalue weighted by Gasteiger charge is -2.37. The van der Waals surface area contributed by atoms with Crippen LogP contribution in [0.1, 0.15) is 29.7 Å². The Bertz CT molecular complexity index is 1680. The van der Waals surface area contributed by atoms with Gasteiger partial charge in [0.15, 0.2) is 0 Å². The van der Waals surface area contributed by atoms with Gasteiger partial charge in [0.05, 0.1) is 17.6 Å². The average molecular weight is 634 g/mol. The molecule has 1 aliphatic rings. The first kappa shape index (κ1) is 33.3. The van der Waals surface area contributed by atoms with Crippen molar-refractivity contribution in [3.8, 4) is 0 Å². The molecule has 1 saturated heterocycles. The van der Waals surface area contributed by atoms with Crippen molar-refractivity contribution in [3.63, 3.8) is 0 Å². The predicted octanol–water partition coefficient (Wildman–Crippen LogP) is 5.95. The first-order valence-electron chi connectivity index (χ1n) is 13.6. The van der Waals surface area contributed by atoms with Gasteiger partial charge in [0.1, 0.15) is 11.5 Å². The van der Waals surface area contributed by atoms with E-state index >= 15 is 0 Å². The van der Waals surface area contributed by atoms with Crippen LogP contribution in [0.4, 0.5) is 10.3 Å². The van der Waals surface area contributed by atoms with E-state index in [-0.39, 0.29) is 48.6 Å².